The van der Waals surface area contributed by atoms with Crippen molar-refractivity contribution in [2.24, 2.45) is 0 Å². The number of nitrogens with zero attached hydrogens (tertiary/aromatic N) is 1. The number of aryl methyl sites for hydroxylation is 1. The minimum absolute atomic E-state index is 0.206. The van der Waals surface area contributed by atoms with Crippen molar-refractivity contribution < 1.29 is 9.53 Å². The molecule has 0 atom stereocenters. The lowest BCUT2D eigenvalue weighted by Crippen LogP contribution is -2.05. The quantitative estimate of drug-likeness (QED) is 0.694. The van der Waals surface area contributed by atoms with E-state index in [4.69, 9.17) is 0 Å². The fraction of sp³-hybridized carbons (Fsp3) is 0.500. The highest BCUT2D eigenvalue weighted by molar-refractivity contribution is 5.72. The van der Waals surface area contributed by atoms with Crippen LogP contribution in [0.4, 0.5) is 0 Å². The standard InChI is InChI=1S/C12H17NO2/c1-3-4-5-11-8-10(6-7-13-11)9-12(14)15-2/h6-8H,3-5,9H2,1-2H3. The molecule has 0 N–H and O–H groups in total. The number of pyridine rings is 1. The molecule has 0 aliphatic carbocycles. The van der Waals surface area contributed by atoms with Gasteiger partial charge in [-0.3, -0.25) is 9.78 Å². The van der Waals surface area contributed by atoms with Crippen LogP contribution in [0.3, 0.4) is 0 Å². The van der Waals surface area contributed by atoms with Crippen LogP contribution in [0.15, 0.2) is 18.3 Å². The van der Waals surface area contributed by atoms with E-state index < -0.39 is 0 Å². The van der Waals surface area contributed by atoms with E-state index in [1.165, 1.54) is 7.11 Å². The Bertz CT molecular complexity index is 323. The minimum Gasteiger partial charge on any atom is -0.469 e. The highest BCUT2D eigenvalue weighted by Crippen LogP contribution is 2.06. The topological polar surface area (TPSA) is 39.2 Å². The number of unbranched alkanes of at least 4 members (excludes halogenated alkanes) is 1. The molecular formula is C12H17NO2. The second-order valence-electron chi connectivity index (χ2n) is 3.51. The molecule has 0 bridgehead atoms. The van der Waals surface area contributed by atoms with Crippen molar-refractivity contribution in [1.82, 2.24) is 4.98 Å². The van der Waals surface area contributed by atoms with Crippen LogP contribution in [0.2, 0.25) is 0 Å². The van der Waals surface area contributed by atoms with Crippen LogP contribution in [-0.4, -0.2) is 18.1 Å². The number of carbonyl (C=O) groups excluding carboxylic acids is 1. The lowest BCUT2D eigenvalue weighted by molar-refractivity contribution is -0.139. The zero-order valence-corrected chi connectivity index (χ0v) is 9.32. The van der Waals surface area contributed by atoms with Gasteiger partial charge in [-0.2, -0.15) is 0 Å². The monoisotopic (exact) mass is 207 g/mol. The molecule has 15 heavy (non-hydrogen) atoms. The maximum atomic E-state index is 11.1. The Morgan fingerprint density at radius 2 is 2.33 bits per heavy atom. The van der Waals surface area contributed by atoms with E-state index in [1.54, 1.807) is 6.20 Å². The van der Waals surface area contributed by atoms with Gasteiger partial charge in [0.15, 0.2) is 0 Å². The molecule has 1 aromatic heterocycles. The van der Waals surface area contributed by atoms with Crippen LogP contribution in [0.5, 0.6) is 0 Å². The Kier molecular flexibility index (Phi) is 4.81. The van der Waals surface area contributed by atoms with Crippen molar-refractivity contribution in [2.45, 2.75) is 32.6 Å². The normalized spacial score (nSPS) is 10.0. The Labute approximate surface area is 90.5 Å². The zero-order chi connectivity index (χ0) is 11.1. The minimum atomic E-state index is -0.206. The third-order valence-electron chi connectivity index (χ3n) is 2.24. The molecule has 1 rings (SSSR count). The molecule has 0 aliphatic heterocycles. The molecule has 1 aromatic rings. The summed E-state index contributed by atoms with van der Waals surface area (Å²) < 4.78 is 4.62. The van der Waals surface area contributed by atoms with E-state index in [-0.39, 0.29) is 5.97 Å². The third-order valence-corrected chi connectivity index (χ3v) is 2.24. The van der Waals surface area contributed by atoms with Crippen molar-refractivity contribution in [1.29, 1.82) is 0 Å². The van der Waals surface area contributed by atoms with E-state index in [0.29, 0.717) is 6.42 Å². The molecule has 3 nitrogen and oxygen atoms in total. The smallest absolute Gasteiger partial charge is 0.309 e. The summed E-state index contributed by atoms with van der Waals surface area (Å²) >= 11 is 0. The van der Waals surface area contributed by atoms with Crippen LogP contribution < -0.4 is 0 Å². The van der Waals surface area contributed by atoms with Crippen LogP contribution in [0, 0.1) is 0 Å². The lowest BCUT2D eigenvalue weighted by atomic mass is 10.1. The summed E-state index contributed by atoms with van der Waals surface area (Å²) in [5.41, 5.74) is 2.03. The van der Waals surface area contributed by atoms with E-state index >= 15 is 0 Å². The second kappa shape index (κ2) is 6.17. The molecule has 0 aromatic carbocycles. The molecule has 0 fully saturated rings. The average Bonchev–Trinajstić information content (AvgIpc) is 2.26. The van der Waals surface area contributed by atoms with Crippen LogP contribution in [0.25, 0.3) is 0 Å². The molecule has 0 saturated carbocycles. The third kappa shape index (κ3) is 4.11. The number of hydrogen-bond acceptors (Lipinski definition) is 3. The van der Waals surface area contributed by atoms with Crippen LogP contribution in [0.1, 0.15) is 31.0 Å². The molecule has 82 valence electrons. The van der Waals surface area contributed by atoms with Crippen LogP contribution in [-0.2, 0) is 22.4 Å². The fourth-order valence-electron chi connectivity index (χ4n) is 1.37. The first-order valence-corrected chi connectivity index (χ1v) is 5.27. The van der Waals surface area contributed by atoms with Gasteiger partial charge < -0.3 is 4.74 Å². The number of methoxy groups -OCH3 is 1. The highest BCUT2D eigenvalue weighted by atomic mass is 16.5. The van der Waals surface area contributed by atoms with Gasteiger partial charge in [-0.1, -0.05) is 13.3 Å². The van der Waals surface area contributed by atoms with Gasteiger partial charge in [0, 0.05) is 11.9 Å². The summed E-state index contributed by atoms with van der Waals surface area (Å²) in [6.45, 7) is 2.15. The first-order chi connectivity index (χ1) is 7.26. The van der Waals surface area contributed by atoms with Gasteiger partial charge >= 0.3 is 5.97 Å². The first-order valence-electron chi connectivity index (χ1n) is 5.27. The summed E-state index contributed by atoms with van der Waals surface area (Å²) in [5.74, 6) is -0.206. The number of esters is 1. The number of aromatic nitrogens is 1. The average molecular weight is 207 g/mol. The van der Waals surface area contributed by atoms with E-state index in [0.717, 1.165) is 30.5 Å². The van der Waals surface area contributed by atoms with Crippen LogP contribution >= 0.6 is 0 Å². The van der Waals surface area contributed by atoms with Gasteiger partial charge in [0.1, 0.15) is 0 Å². The van der Waals surface area contributed by atoms with Crippen molar-refractivity contribution in [3.05, 3.63) is 29.6 Å². The van der Waals surface area contributed by atoms with Crippen molar-refractivity contribution in [3.63, 3.8) is 0 Å². The number of hydrogen-bond donors (Lipinski definition) is 0. The SMILES string of the molecule is CCCCc1cc(CC(=O)OC)ccn1. The molecule has 0 aliphatic rings. The van der Waals surface area contributed by atoms with E-state index in [9.17, 15) is 4.79 Å². The lowest BCUT2D eigenvalue weighted by Gasteiger charge is -2.03. The summed E-state index contributed by atoms with van der Waals surface area (Å²) in [4.78, 5) is 15.3. The number of carbonyl (C=O) groups is 1. The number of ether oxygens (including phenoxy) is 1. The summed E-state index contributed by atoms with van der Waals surface area (Å²) in [5, 5.41) is 0. The van der Waals surface area contributed by atoms with E-state index in [1.807, 2.05) is 12.1 Å². The largest absolute Gasteiger partial charge is 0.469 e. The van der Waals surface area contributed by atoms with Gasteiger partial charge in [0.2, 0.25) is 0 Å². The maximum Gasteiger partial charge on any atom is 0.309 e. The maximum absolute atomic E-state index is 11.1. The molecule has 0 amide bonds. The summed E-state index contributed by atoms with van der Waals surface area (Å²) in [7, 11) is 1.40. The molecule has 1 heterocycles. The van der Waals surface area contributed by atoms with Gasteiger partial charge in [-0.15, -0.1) is 0 Å². The molecule has 0 saturated heterocycles. The second-order valence-corrected chi connectivity index (χ2v) is 3.51. The van der Waals surface area contributed by atoms with Gasteiger partial charge in [0.05, 0.1) is 13.5 Å². The Morgan fingerprint density at radius 1 is 1.53 bits per heavy atom. The number of rotatable bonds is 5. The van der Waals surface area contributed by atoms with Gasteiger partial charge in [-0.25, -0.2) is 0 Å². The predicted octanol–water partition coefficient (Wildman–Crippen LogP) is 2.14. The molecular weight excluding hydrogens is 190 g/mol. The Hall–Kier alpha value is -1.38. The molecule has 0 unspecified atom stereocenters. The van der Waals surface area contributed by atoms with Crippen molar-refractivity contribution >= 4 is 5.97 Å². The Morgan fingerprint density at radius 3 is 3.00 bits per heavy atom. The highest BCUT2D eigenvalue weighted by Gasteiger charge is 2.03. The molecule has 0 radical (unpaired) electrons. The van der Waals surface area contributed by atoms with Crippen molar-refractivity contribution in [2.75, 3.05) is 7.11 Å². The van der Waals surface area contributed by atoms with Gasteiger partial charge in [0.25, 0.3) is 0 Å². The fourth-order valence-corrected chi connectivity index (χ4v) is 1.37. The summed E-state index contributed by atoms with van der Waals surface area (Å²) in [6, 6.07) is 3.83. The van der Waals surface area contributed by atoms with E-state index in [2.05, 4.69) is 16.6 Å². The molecule has 0 spiro atoms. The Balaban J connectivity index is 2.61. The summed E-state index contributed by atoms with van der Waals surface area (Å²) in [6.07, 6.45) is 5.35. The van der Waals surface area contributed by atoms with Crippen molar-refractivity contribution in [3.8, 4) is 0 Å². The first kappa shape index (κ1) is 11.7. The predicted molar refractivity (Wildman–Crippen MR) is 58.6 cm³/mol. The zero-order valence-electron chi connectivity index (χ0n) is 9.32. The molecule has 3 heteroatoms. The van der Waals surface area contributed by atoms with Gasteiger partial charge in [-0.05, 0) is 30.5 Å².